The van der Waals surface area contributed by atoms with E-state index in [9.17, 15) is 0 Å². The van der Waals surface area contributed by atoms with Gasteiger partial charge in [-0.25, -0.2) is 4.98 Å². The van der Waals surface area contributed by atoms with Crippen molar-refractivity contribution in [2.24, 2.45) is 0 Å². The average Bonchev–Trinajstić information content (AvgIpc) is 2.52. The highest BCUT2D eigenvalue weighted by Gasteiger charge is 1.92. The molecule has 0 aliphatic carbocycles. The zero-order valence-electron chi connectivity index (χ0n) is 7.32. The summed E-state index contributed by atoms with van der Waals surface area (Å²) in [6.45, 7) is 4.25. The van der Waals surface area contributed by atoms with Gasteiger partial charge in [0.2, 0.25) is 0 Å². The van der Waals surface area contributed by atoms with Crippen molar-refractivity contribution in [1.29, 1.82) is 0 Å². The van der Waals surface area contributed by atoms with Crippen LogP contribution in [0, 0.1) is 0 Å². The fraction of sp³-hybridized carbons (Fsp3) is 0.333. The first-order valence-corrected chi connectivity index (χ1v) is 4.01. The van der Waals surface area contributed by atoms with Crippen LogP contribution in [-0.4, -0.2) is 9.97 Å². The van der Waals surface area contributed by atoms with Gasteiger partial charge in [-0.3, -0.25) is 4.98 Å². The second-order valence-electron chi connectivity index (χ2n) is 2.40. The fourth-order valence-electron chi connectivity index (χ4n) is 0.710. The van der Waals surface area contributed by atoms with Gasteiger partial charge in [0, 0.05) is 6.20 Å². The summed E-state index contributed by atoms with van der Waals surface area (Å²) >= 11 is 0. The lowest BCUT2D eigenvalue weighted by molar-refractivity contribution is 0.601. The molecule has 2 rings (SSSR count). The van der Waals surface area contributed by atoms with Crippen molar-refractivity contribution in [3.63, 3.8) is 0 Å². The van der Waals surface area contributed by atoms with Crippen LogP contribution in [0.4, 0.5) is 0 Å². The van der Waals surface area contributed by atoms with Gasteiger partial charge in [0.25, 0.3) is 0 Å². The molecule has 0 aliphatic heterocycles. The van der Waals surface area contributed by atoms with Crippen LogP contribution in [0.1, 0.15) is 20.3 Å². The smallest absolute Gasteiger partial charge is 0.182 e. The van der Waals surface area contributed by atoms with Crippen LogP contribution >= 0.6 is 0 Å². The van der Waals surface area contributed by atoms with Gasteiger partial charge in [-0.2, -0.15) is 0 Å². The van der Waals surface area contributed by atoms with Crippen molar-refractivity contribution < 1.29 is 4.42 Å². The molecule has 0 saturated carbocycles. The molecule has 2 aromatic rings. The third kappa shape index (κ3) is 2.05. The Bertz CT molecular complexity index is 300. The maximum Gasteiger partial charge on any atom is 0.182 e. The number of hydrogen-bond donors (Lipinski definition) is 0. The largest absolute Gasteiger partial charge is 0.442 e. The van der Waals surface area contributed by atoms with Gasteiger partial charge in [-0.15, -0.1) is 0 Å². The maximum absolute atomic E-state index is 4.94. The first-order chi connectivity index (χ1) is 5.88. The number of aromatic nitrogens is 2. The molecule has 3 heteroatoms. The molecule has 0 amide bonds. The van der Waals surface area contributed by atoms with Crippen LogP contribution in [-0.2, 0) is 0 Å². The molecule has 2 aromatic heterocycles. The number of fused-ring (bicyclic) bond motifs is 1. The van der Waals surface area contributed by atoms with E-state index in [2.05, 4.69) is 23.8 Å². The normalized spacial score (nSPS) is 9.17. The summed E-state index contributed by atoms with van der Waals surface area (Å²) in [7, 11) is 0. The molecule has 0 aliphatic rings. The van der Waals surface area contributed by atoms with Gasteiger partial charge in [-0.1, -0.05) is 20.3 Å². The maximum atomic E-state index is 4.94. The van der Waals surface area contributed by atoms with E-state index in [4.69, 9.17) is 4.42 Å². The van der Waals surface area contributed by atoms with E-state index in [0.29, 0.717) is 0 Å². The lowest BCUT2D eigenvalue weighted by Crippen LogP contribution is -1.67. The molecule has 0 saturated heterocycles. The van der Waals surface area contributed by atoms with Crippen LogP contribution in [0.15, 0.2) is 29.3 Å². The predicted octanol–water partition coefficient (Wildman–Crippen LogP) is 2.64. The average molecular weight is 164 g/mol. The van der Waals surface area contributed by atoms with Crippen molar-refractivity contribution in [3.05, 3.63) is 24.9 Å². The van der Waals surface area contributed by atoms with E-state index < -0.39 is 0 Å². The molecule has 12 heavy (non-hydrogen) atoms. The molecule has 0 N–H and O–H groups in total. The van der Waals surface area contributed by atoms with Crippen molar-refractivity contribution >= 4 is 11.1 Å². The van der Waals surface area contributed by atoms with E-state index >= 15 is 0 Å². The Labute approximate surface area is 71.4 Å². The highest BCUT2D eigenvalue weighted by atomic mass is 16.3. The van der Waals surface area contributed by atoms with E-state index in [-0.39, 0.29) is 0 Å². The van der Waals surface area contributed by atoms with Crippen LogP contribution < -0.4 is 0 Å². The summed E-state index contributed by atoms with van der Waals surface area (Å²) in [5, 5.41) is 0. The fourth-order valence-corrected chi connectivity index (χ4v) is 0.710. The summed E-state index contributed by atoms with van der Waals surface area (Å²) in [6.07, 6.45) is 5.99. The van der Waals surface area contributed by atoms with Gasteiger partial charge >= 0.3 is 0 Å². The number of nitrogens with zero attached hydrogens (tertiary/aromatic N) is 2. The third-order valence-corrected chi connectivity index (χ3v) is 1.13. The van der Waals surface area contributed by atoms with Crippen LogP contribution in [0.5, 0.6) is 0 Å². The van der Waals surface area contributed by atoms with Gasteiger partial charge < -0.3 is 4.42 Å². The van der Waals surface area contributed by atoms with Crippen molar-refractivity contribution in [3.8, 4) is 0 Å². The zero-order valence-corrected chi connectivity index (χ0v) is 7.32. The monoisotopic (exact) mass is 164 g/mol. The van der Waals surface area contributed by atoms with Crippen molar-refractivity contribution in [1.82, 2.24) is 9.97 Å². The Morgan fingerprint density at radius 3 is 2.83 bits per heavy atom. The van der Waals surface area contributed by atoms with Gasteiger partial charge in [0.05, 0.1) is 6.20 Å². The Balaban J connectivity index is 0.000000213. The van der Waals surface area contributed by atoms with Crippen LogP contribution in [0.3, 0.4) is 0 Å². The second-order valence-corrected chi connectivity index (χ2v) is 2.40. The SMILES string of the molecule is CCC.c1cc2ncoc2cn1. The lowest BCUT2D eigenvalue weighted by Gasteiger charge is -1.79. The van der Waals surface area contributed by atoms with Crippen molar-refractivity contribution in [2.45, 2.75) is 20.3 Å². The summed E-state index contributed by atoms with van der Waals surface area (Å²) in [5.74, 6) is 0. The van der Waals surface area contributed by atoms with Crippen LogP contribution in [0.25, 0.3) is 11.1 Å². The zero-order chi connectivity index (χ0) is 8.81. The summed E-state index contributed by atoms with van der Waals surface area (Å²) in [4.78, 5) is 7.76. The van der Waals surface area contributed by atoms with Crippen molar-refractivity contribution in [2.75, 3.05) is 0 Å². The minimum absolute atomic E-state index is 0.734. The first kappa shape index (κ1) is 8.71. The number of oxazole rings is 1. The Morgan fingerprint density at radius 1 is 1.42 bits per heavy atom. The molecular weight excluding hydrogens is 152 g/mol. The van der Waals surface area contributed by atoms with Gasteiger partial charge in [0.15, 0.2) is 12.0 Å². The Hall–Kier alpha value is -1.38. The van der Waals surface area contributed by atoms with E-state index in [1.807, 2.05) is 0 Å². The third-order valence-electron chi connectivity index (χ3n) is 1.13. The molecule has 64 valence electrons. The number of rotatable bonds is 0. The van der Waals surface area contributed by atoms with Gasteiger partial charge in [0.1, 0.15) is 5.52 Å². The minimum Gasteiger partial charge on any atom is -0.442 e. The highest BCUT2D eigenvalue weighted by Crippen LogP contribution is 2.07. The lowest BCUT2D eigenvalue weighted by atomic mass is 10.4. The molecule has 0 spiro atoms. The second kappa shape index (κ2) is 4.49. The quantitative estimate of drug-likeness (QED) is 0.600. The number of hydrogen-bond acceptors (Lipinski definition) is 3. The Morgan fingerprint density at radius 2 is 2.17 bits per heavy atom. The molecular formula is C9H12N2O. The molecule has 0 radical (unpaired) electrons. The highest BCUT2D eigenvalue weighted by molar-refractivity contribution is 5.69. The van der Waals surface area contributed by atoms with E-state index in [0.717, 1.165) is 11.1 Å². The van der Waals surface area contributed by atoms with E-state index in [1.54, 1.807) is 18.5 Å². The first-order valence-electron chi connectivity index (χ1n) is 4.01. The van der Waals surface area contributed by atoms with Crippen LogP contribution in [0.2, 0.25) is 0 Å². The Kier molecular flexibility index (Phi) is 3.26. The van der Waals surface area contributed by atoms with Gasteiger partial charge in [-0.05, 0) is 6.07 Å². The topological polar surface area (TPSA) is 38.9 Å². The summed E-state index contributed by atoms with van der Waals surface area (Å²) in [5.41, 5.74) is 1.59. The van der Waals surface area contributed by atoms with E-state index in [1.165, 1.54) is 12.8 Å². The summed E-state index contributed by atoms with van der Waals surface area (Å²) in [6, 6.07) is 1.80. The number of pyridine rings is 1. The molecule has 2 heterocycles. The predicted molar refractivity (Wildman–Crippen MR) is 47.8 cm³/mol. The molecule has 0 unspecified atom stereocenters. The molecule has 0 atom stereocenters. The summed E-state index contributed by atoms with van der Waals surface area (Å²) < 4.78 is 4.94. The molecule has 3 nitrogen and oxygen atoms in total. The molecule has 0 fully saturated rings. The minimum atomic E-state index is 0.734. The molecule has 0 bridgehead atoms. The standard InChI is InChI=1S/C6H4N2O.C3H8/c1-2-7-3-6-5(1)8-4-9-6;1-3-2/h1-4H;3H2,1-2H3. The molecule has 0 aromatic carbocycles.